The molecule has 1 aromatic carbocycles. The first-order chi connectivity index (χ1) is 18.8. The molecule has 40 heavy (non-hydrogen) atoms. The number of nitrogens with zero attached hydrogens (tertiary/aromatic N) is 1. The number of allylic oxidation sites excluding steroid dienone is 2. The number of nitrogens with one attached hydrogen (secondary N) is 1. The van der Waals surface area contributed by atoms with Crippen molar-refractivity contribution in [2.24, 2.45) is 5.92 Å². The number of aliphatic hydroxyl groups is 3. The number of halogens is 1. The van der Waals surface area contributed by atoms with E-state index in [2.05, 4.69) is 5.32 Å². The fraction of sp³-hybridized carbons (Fsp3) is 0.571. The molecule has 8 atom stereocenters. The summed E-state index contributed by atoms with van der Waals surface area (Å²) in [5.74, 6) is -0.607. The summed E-state index contributed by atoms with van der Waals surface area (Å²) >= 11 is 6.55. The average molecular weight is 581 g/mol. The molecular formula is C28H37ClN2O9. The number of amides is 2. The summed E-state index contributed by atoms with van der Waals surface area (Å²) in [6.45, 7) is 5.19. The topological polar surface area (TPSA) is 150 Å². The van der Waals surface area contributed by atoms with E-state index in [0.29, 0.717) is 16.8 Å². The minimum Gasteiger partial charge on any atom is -0.495 e. The van der Waals surface area contributed by atoms with Crippen LogP contribution in [-0.4, -0.2) is 84.3 Å². The van der Waals surface area contributed by atoms with E-state index in [1.165, 1.54) is 26.2 Å². The number of fused-ring (bicyclic) bond motifs is 5. The van der Waals surface area contributed by atoms with Crippen molar-refractivity contribution in [3.8, 4) is 5.75 Å². The summed E-state index contributed by atoms with van der Waals surface area (Å²) in [7, 11) is 4.36. The third kappa shape index (κ3) is 5.59. The normalized spacial score (nSPS) is 36.8. The van der Waals surface area contributed by atoms with Gasteiger partial charge in [0.2, 0.25) is 5.91 Å². The molecule has 0 radical (unpaired) electrons. The molecule has 12 heteroatoms. The average Bonchev–Trinajstić information content (AvgIpc) is 3.61. The predicted octanol–water partition coefficient (Wildman–Crippen LogP) is 2.61. The molecule has 8 unspecified atom stereocenters. The first kappa shape index (κ1) is 30.3. The van der Waals surface area contributed by atoms with Crippen LogP contribution in [0.15, 0.2) is 35.9 Å². The number of carbonyl (C=O) groups excluding carboxylic acids is 2. The third-order valence-corrected chi connectivity index (χ3v) is 8.57. The molecule has 4 bridgehead atoms. The fourth-order valence-corrected chi connectivity index (χ4v) is 5.76. The van der Waals surface area contributed by atoms with Crippen molar-refractivity contribution in [2.75, 3.05) is 26.2 Å². The second-order valence-corrected chi connectivity index (χ2v) is 11.2. The van der Waals surface area contributed by atoms with Gasteiger partial charge < -0.3 is 39.2 Å². The molecule has 3 heterocycles. The zero-order chi connectivity index (χ0) is 29.6. The molecule has 3 aliphatic rings. The first-order valence-electron chi connectivity index (χ1n) is 13.0. The van der Waals surface area contributed by atoms with Crippen molar-refractivity contribution < 1.29 is 43.9 Å². The summed E-state index contributed by atoms with van der Waals surface area (Å²) in [5.41, 5.74) is -1.64. The van der Waals surface area contributed by atoms with Gasteiger partial charge in [0, 0.05) is 26.5 Å². The van der Waals surface area contributed by atoms with Crippen LogP contribution in [0.4, 0.5) is 10.5 Å². The Kier molecular flexibility index (Phi) is 8.56. The second kappa shape index (κ2) is 11.3. The quantitative estimate of drug-likeness (QED) is 0.387. The number of methoxy groups -OCH3 is 2. The van der Waals surface area contributed by atoms with Crippen molar-refractivity contribution in [3.05, 3.63) is 46.5 Å². The van der Waals surface area contributed by atoms with Gasteiger partial charge in [-0.3, -0.25) is 10.1 Å². The molecule has 2 saturated heterocycles. The first-order valence-corrected chi connectivity index (χ1v) is 13.4. The summed E-state index contributed by atoms with van der Waals surface area (Å²) in [5, 5.41) is 36.2. The number of alkyl carbamates (subject to hydrolysis) is 1. The third-order valence-electron chi connectivity index (χ3n) is 8.19. The Morgan fingerprint density at radius 3 is 2.58 bits per heavy atom. The van der Waals surface area contributed by atoms with E-state index in [0.717, 1.165) is 0 Å². The monoisotopic (exact) mass is 580 g/mol. The van der Waals surface area contributed by atoms with Gasteiger partial charge in [0.05, 0.1) is 31.4 Å². The summed E-state index contributed by atoms with van der Waals surface area (Å²) in [6, 6.07) is 3.17. The molecule has 0 aromatic heterocycles. The Hall–Kier alpha value is -2.67. The van der Waals surface area contributed by atoms with Gasteiger partial charge in [-0.1, -0.05) is 36.8 Å². The Bertz CT molecular complexity index is 1220. The lowest BCUT2D eigenvalue weighted by Gasteiger charge is -2.42. The van der Waals surface area contributed by atoms with E-state index in [-0.39, 0.29) is 23.6 Å². The van der Waals surface area contributed by atoms with Crippen molar-refractivity contribution in [2.45, 2.75) is 75.5 Å². The van der Waals surface area contributed by atoms with Gasteiger partial charge in [0.1, 0.15) is 34.7 Å². The molecule has 11 nitrogen and oxygen atoms in total. The zero-order valence-electron chi connectivity index (χ0n) is 23.4. The van der Waals surface area contributed by atoms with E-state index in [1.54, 1.807) is 51.1 Å². The maximum Gasteiger partial charge on any atom is 0.409 e. The van der Waals surface area contributed by atoms with Crippen LogP contribution in [0, 0.1) is 5.92 Å². The van der Waals surface area contributed by atoms with Crippen LogP contribution in [0.5, 0.6) is 5.75 Å². The van der Waals surface area contributed by atoms with Gasteiger partial charge in [-0.15, -0.1) is 0 Å². The Labute approximate surface area is 238 Å². The van der Waals surface area contributed by atoms with Crippen LogP contribution in [-0.2, 0) is 19.0 Å². The van der Waals surface area contributed by atoms with Crippen molar-refractivity contribution >= 4 is 29.3 Å². The number of anilines is 1. The smallest absolute Gasteiger partial charge is 0.409 e. The lowest BCUT2D eigenvalue weighted by molar-refractivity contribution is -0.142. The van der Waals surface area contributed by atoms with E-state index in [4.69, 9.17) is 30.5 Å². The van der Waals surface area contributed by atoms with Crippen LogP contribution >= 0.6 is 11.6 Å². The van der Waals surface area contributed by atoms with Crippen LogP contribution in [0.2, 0.25) is 5.02 Å². The summed E-state index contributed by atoms with van der Waals surface area (Å²) < 4.78 is 22.3. The molecule has 0 saturated carbocycles. The molecule has 2 fully saturated rings. The second-order valence-electron chi connectivity index (χ2n) is 10.9. The lowest BCUT2D eigenvalue weighted by atomic mass is 9.84. The van der Waals surface area contributed by atoms with Crippen molar-refractivity contribution in [1.82, 2.24) is 5.32 Å². The number of hydrogen-bond acceptors (Lipinski definition) is 9. The molecule has 1 aromatic rings. The molecular weight excluding hydrogens is 544 g/mol. The summed E-state index contributed by atoms with van der Waals surface area (Å²) in [6.07, 6.45) is -0.862. The van der Waals surface area contributed by atoms with Gasteiger partial charge in [-0.2, -0.15) is 0 Å². The number of epoxide rings is 1. The highest BCUT2D eigenvalue weighted by Gasteiger charge is 2.62. The van der Waals surface area contributed by atoms with Crippen LogP contribution in [0.25, 0.3) is 0 Å². The molecule has 3 aliphatic heterocycles. The number of carbonyl (C=O) groups is 2. The molecule has 220 valence electrons. The standard InChI is InChI=1S/C28H37ClN2O9/c1-14-8-7-9-21(38-6)28(36)13-19(39-26(35)30-28)15(2)25-27(3,40-25)20(32)12-22(33)31(4)17-10-16(24(14)34)11-18(37-5)23(17)29/h7-11,15,19-21,24-25,32,34,36H,12-13H2,1-6H3,(H,30,35). The Morgan fingerprint density at radius 2 is 1.93 bits per heavy atom. The van der Waals surface area contributed by atoms with Gasteiger partial charge in [0.15, 0.2) is 5.72 Å². The van der Waals surface area contributed by atoms with Crippen molar-refractivity contribution in [3.63, 3.8) is 0 Å². The molecule has 0 spiro atoms. The highest BCUT2D eigenvalue weighted by Crippen LogP contribution is 2.48. The van der Waals surface area contributed by atoms with Gasteiger partial charge in [-0.05, 0) is 37.1 Å². The number of ether oxygens (including phenoxy) is 4. The molecule has 4 rings (SSSR count). The number of aliphatic hydroxyl groups excluding tert-OH is 2. The Morgan fingerprint density at radius 1 is 1.23 bits per heavy atom. The zero-order valence-corrected chi connectivity index (χ0v) is 24.1. The maximum absolute atomic E-state index is 13.3. The number of benzene rings is 1. The molecule has 2 amide bonds. The summed E-state index contributed by atoms with van der Waals surface area (Å²) in [4.78, 5) is 27.1. The predicted molar refractivity (Wildman–Crippen MR) is 146 cm³/mol. The Balaban J connectivity index is 1.78. The van der Waals surface area contributed by atoms with E-state index < -0.39 is 59.8 Å². The fourth-order valence-electron chi connectivity index (χ4n) is 5.44. The van der Waals surface area contributed by atoms with E-state index in [9.17, 15) is 24.9 Å². The minimum absolute atomic E-state index is 0.0219. The number of hydrogen-bond donors (Lipinski definition) is 4. The van der Waals surface area contributed by atoms with Gasteiger partial charge in [-0.25, -0.2) is 4.79 Å². The SMILES string of the molecule is COc1cc2cc(c1Cl)N(C)C(=O)CC(O)C1(C)OC1C(C)C1CC(O)(NC(=O)O1)C(OC)C=CC=C(C)C2O. The van der Waals surface area contributed by atoms with E-state index >= 15 is 0 Å². The largest absolute Gasteiger partial charge is 0.495 e. The van der Waals surface area contributed by atoms with Crippen LogP contribution in [0.1, 0.15) is 45.3 Å². The number of rotatable bonds is 2. The van der Waals surface area contributed by atoms with Crippen LogP contribution in [0.3, 0.4) is 0 Å². The highest BCUT2D eigenvalue weighted by molar-refractivity contribution is 6.35. The van der Waals surface area contributed by atoms with E-state index in [1.807, 2.05) is 0 Å². The minimum atomic E-state index is -1.80. The highest BCUT2D eigenvalue weighted by atomic mass is 35.5. The van der Waals surface area contributed by atoms with Gasteiger partial charge in [0.25, 0.3) is 0 Å². The van der Waals surface area contributed by atoms with Gasteiger partial charge >= 0.3 is 6.09 Å². The lowest BCUT2D eigenvalue weighted by Crippen LogP contribution is -2.63. The molecule has 4 N–H and O–H groups in total. The van der Waals surface area contributed by atoms with Crippen LogP contribution < -0.4 is 15.0 Å². The van der Waals surface area contributed by atoms with Crippen molar-refractivity contribution in [1.29, 1.82) is 0 Å². The maximum atomic E-state index is 13.3. The molecule has 0 aliphatic carbocycles.